The van der Waals surface area contributed by atoms with Crippen molar-refractivity contribution < 1.29 is 9.59 Å². The van der Waals surface area contributed by atoms with E-state index in [4.69, 9.17) is 0 Å². The Hall–Kier alpha value is -1.69. The third-order valence-corrected chi connectivity index (χ3v) is 3.71. The van der Waals surface area contributed by atoms with Crippen molar-refractivity contribution in [1.82, 2.24) is 10.7 Å². The maximum Gasteiger partial charge on any atom is 0.240 e. The highest BCUT2D eigenvalue weighted by Crippen LogP contribution is 2.08. The molecule has 126 valence electrons. The van der Waals surface area contributed by atoms with Crippen molar-refractivity contribution in [2.24, 2.45) is 5.10 Å². The zero-order valence-corrected chi connectivity index (χ0v) is 15.1. The molecule has 0 aromatic heterocycles. The normalized spacial score (nSPS) is 10.7. The summed E-state index contributed by atoms with van der Waals surface area (Å²) in [6.45, 7) is 2.82. The van der Waals surface area contributed by atoms with Crippen LogP contribution in [0.1, 0.15) is 51.0 Å². The summed E-state index contributed by atoms with van der Waals surface area (Å²) in [4.78, 5) is 23.1. The number of nitrogens with one attached hydrogen (secondary N) is 2. The second-order valence-electron chi connectivity index (χ2n) is 5.26. The summed E-state index contributed by atoms with van der Waals surface area (Å²) in [6, 6.07) is 7.62. The molecule has 0 atom stereocenters. The van der Waals surface area contributed by atoms with Gasteiger partial charge in [-0.05, 0) is 37.0 Å². The molecule has 0 saturated carbocycles. The molecule has 0 spiro atoms. The molecule has 0 saturated heterocycles. The van der Waals surface area contributed by atoms with Gasteiger partial charge in [0.05, 0.1) is 6.21 Å². The molecule has 0 aliphatic carbocycles. The fraction of sp³-hybridized carbons (Fsp3) is 0.471. The summed E-state index contributed by atoms with van der Waals surface area (Å²) in [5.41, 5.74) is 3.41. The molecule has 0 heterocycles. The molecule has 0 bridgehead atoms. The molecule has 6 heteroatoms. The largest absolute Gasteiger partial charge is 0.356 e. The van der Waals surface area contributed by atoms with Gasteiger partial charge in [0.2, 0.25) is 11.8 Å². The predicted molar refractivity (Wildman–Crippen MR) is 96.3 cm³/mol. The van der Waals surface area contributed by atoms with E-state index in [9.17, 15) is 9.59 Å². The van der Waals surface area contributed by atoms with Crippen LogP contribution in [0.25, 0.3) is 0 Å². The number of nitrogens with zero attached hydrogens (tertiary/aromatic N) is 1. The molecule has 23 heavy (non-hydrogen) atoms. The topological polar surface area (TPSA) is 70.6 Å². The van der Waals surface area contributed by atoms with Crippen LogP contribution in [0.15, 0.2) is 33.8 Å². The molecule has 0 aliphatic rings. The summed E-state index contributed by atoms with van der Waals surface area (Å²) in [6.07, 6.45) is 5.92. The number of amides is 2. The van der Waals surface area contributed by atoms with Crippen LogP contribution >= 0.6 is 15.9 Å². The molecule has 0 unspecified atom stereocenters. The van der Waals surface area contributed by atoms with Crippen LogP contribution in [0.4, 0.5) is 0 Å². The van der Waals surface area contributed by atoms with E-state index in [0.717, 1.165) is 29.4 Å². The van der Waals surface area contributed by atoms with Gasteiger partial charge in [-0.15, -0.1) is 0 Å². The molecular formula is C17H24BrN3O2. The van der Waals surface area contributed by atoms with Crippen LogP contribution in [0.2, 0.25) is 0 Å². The van der Waals surface area contributed by atoms with E-state index in [2.05, 4.69) is 38.7 Å². The van der Waals surface area contributed by atoms with Crippen LogP contribution in [-0.2, 0) is 9.59 Å². The van der Waals surface area contributed by atoms with Crippen molar-refractivity contribution in [3.8, 4) is 0 Å². The Bertz CT molecular complexity index is 515. The lowest BCUT2D eigenvalue weighted by atomic mass is 10.2. The van der Waals surface area contributed by atoms with Crippen molar-refractivity contribution in [2.75, 3.05) is 6.54 Å². The van der Waals surface area contributed by atoms with Gasteiger partial charge in [0.1, 0.15) is 0 Å². The van der Waals surface area contributed by atoms with Gasteiger partial charge in [-0.1, -0.05) is 41.4 Å². The highest BCUT2D eigenvalue weighted by Gasteiger charge is 2.03. The molecule has 1 aromatic carbocycles. The molecule has 2 N–H and O–H groups in total. The Morgan fingerprint density at radius 1 is 1.09 bits per heavy atom. The number of benzene rings is 1. The number of rotatable bonds is 10. The third-order valence-electron chi connectivity index (χ3n) is 3.18. The summed E-state index contributed by atoms with van der Waals surface area (Å²) in [7, 11) is 0. The van der Waals surface area contributed by atoms with Crippen LogP contribution in [0.3, 0.4) is 0 Å². The quantitative estimate of drug-likeness (QED) is 0.370. The molecule has 1 rings (SSSR count). The SMILES string of the molecule is CCCCNC(=O)CCCCC(=O)N/N=C/c1ccc(Br)cc1. The van der Waals surface area contributed by atoms with E-state index >= 15 is 0 Å². The van der Waals surface area contributed by atoms with Gasteiger partial charge in [-0.2, -0.15) is 5.10 Å². The Kier molecular flexibility index (Phi) is 9.95. The number of hydrogen-bond acceptors (Lipinski definition) is 3. The number of halogens is 1. The second kappa shape index (κ2) is 11.8. The molecule has 5 nitrogen and oxygen atoms in total. The van der Waals surface area contributed by atoms with Gasteiger partial charge in [-0.25, -0.2) is 5.43 Å². The molecule has 1 aromatic rings. The molecule has 2 amide bonds. The van der Waals surface area contributed by atoms with Gasteiger partial charge in [0.25, 0.3) is 0 Å². The first-order chi connectivity index (χ1) is 11.1. The number of unbranched alkanes of at least 4 members (excludes halogenated alkanes) is 2. The number of hydrogen-bond donors (Lipinski definition) is 2. The van der Waals surface area contributed by atoms with Gasteiger partial charge < -0.3 is 5.32 Å². The van der Waals surface area contributed by atoms with Crippen molar-refractivity contribution in [3.63, 3.8) is 0 Å². The van der Waals surface area contributed by atoms with Gasteiger partial charge in [0, 0.05) is 23.9 Å². The highest BCUT2D eigenvalue weighted by atomic mass is 79.9. The minimum Gasteiger partial charge on any atom is -0.356 e. The number of carbonyl (C=O) groups is 2. The number of hydrazone groups is 1. The van der Waals surface area contributed by atoms with Crippen molar-refractivity contribution >= 4 is 34.0 Å². The Morgan fingerprint density at radius 3 is 2.39 bits per heavy atom. The van der Waals surface area contributed by atoms with Gasteiger partial charge >= 0.3 is 0 Å². The summed E-state index contributed by atoms with van der Waals surface area (Å²) >= 11 is 3.36. The minimum absolute atomic E-state index is 0.0621. The molecule has 0 radical (unpaired) electrons. The predicted octanol–water partition coefficient (Wildman–Crippen LogP) is 3.38. The maximum absolute atomic E-state index is 11.6. The number of carbonyl (C=O) groups excluding carboxylic acids is 2. The van der Waals surface area contributed by atoms with Gasteiger partial charge in [0.15, 0.2) is 0 Å². The van der Waals surface area contributed by atoms with Gasteiger partial charge in [-0.3, -0.25) is 9.59 Å². The second-order valence-corrected chi connectivity index (χ2v) is 6.17. The van der Waals surface area contributed by atoms with Crippen LogP contribution in [0.5, 0.6) is 0 Å². The van der Waals surface area contributed by atoms with Crippen LogP contribution < -0.4 is 10.7 Å². The van der Waals surface area contributed by atoms with Crippen molar-refractivity contribution in [1.29, 1.82) is 0 Å². The molecule has 0 aliphatic heterocycles. The maximum atomic E-state index is 11.6. The summed E-state index contributed by atoms with van der Waals surface area (Å²) in [5.74, 6) is -0.0723. The van der Waals surface area contributed by atoms with Crippen LogP contribution in [0, 0.1) is 0 Å². The van der Waals surface area contributed by atoms with E-state index < -0.39 is 0 Å². The highest BCUT2D eigenvalue weighted by molar-refractivity contribution is 9.10. The smallest absolute Gasteiger partial charge is 0.240 e. The Morgan fingerprint density at radius 2 is 1.74 bits per heavy atom. The fourth-order valence-electron chi connectivity index (χ4n) is 1.85. The zero-order valence-electron chi connectivity index (χ0n) is 13.5. The van der Waals surface area contributed by atoms with E-state index in [1.54, 1.807) is 6.21 Å². The average molecular weight is 382 g/mol. The first-order valence-corrected chi connectivity index (χ1v) is 8.75. The van der Waals surface area contributed by atoms with E-state index in [1.165, 1.54) is 0 Å². The lowest BCUT2D eigenvalue weighted by molar-refractivity contribution is -0.123. The first-order valence-electron chi connectivity index (χ1n) is 7.96. The first kappa shape index (κ1) is 19.4. The van der Waals surface area contributed by atoms with E-state index in [1.807, 2.05) is 24.3 Å². The zero-order chi connectivity index (χ0) is 16.9. The molecule has 0 fully saturated rings. The Labute approximate surface area is 146 Å². The summed E-state index contributed by atoms with van der Waals surface area (Å²) in [5, 5.41) is 6.78. The molecular weight excluding hydrogens is 358 g/mol. The Balaban J connectivity index is 2.10. The lowest BCUT2D eigenvalue weighted by Crippen LogP contribution is -2.24. The van der Waals surface area contributed by atoms with Crippen molar-refractivity contribution in [3.05, 3.63) is 34.3 Å². The van der Waals surface area contributed by atoms with Crippen molar-refractivity contribution in [2.45, 2.75) is 45.4 Å². The summed E-state index contributed by atoms with van der Waals surface area (Å²) < 4.78 is 0.998. The lowest BCUT2D eigenvalue weighted by Gasteiger charge is -2.04. The fourth-order valence-corrected chi connectivity index (χ4v) is 2.11. The standard InChI is InChI=1S/C17H24BrN3O2/c1-2-3-12-19-16(22)6-4-5-7-17(23)21-20-13-14-8-10-15(18)11-9-14/h8-11,13H,2-7,12H2,1H3,(H,19,22)(H,21,23)/b20-13+. The van der Waals surface area contributed by atoms with E-state index in [-0.39, 0.29) is 11.8 Å². The third kappa shape index (κ3) is 9.84. The monoisotopic (exact) mass is 381 g/mol. The van der Waals surface area contributed by atoms with E-state index in [0.29, 0.717) is 25.7 Å². The minimum atomic E-state index is -0.134. The van der Waals surface area contributed by atoms with Crippen LogP contribution in [-0.4, -0.2) is 24.6 Å². The average Bonchev–Trinajstić information content (AvgIpc) is 2.54.